The Hall–Kier alpha value is -1.65. The largest absolute Gasteiger partial charge is 0.460 e. The van der Waals surface area contributed by atoms with Crippen LogP contribution in [-0.4, -0.2) is 24.3 Å². The van der Waals surface area contributed by atoms with Crippen LogP contribution in [0.1, 0.15) is 6.92 Å². The van der Waals surface area contributed by atoms with Crippen molar-refractivity contribution in [2.75, 3.05) is 6.61 Å². The normalized spacial score (nSPS) is 8.75. The second kappa shape index (κ2) is 4.27. The van der Waals surface area contributed by atoms with Crippen molar-refractivity contribution in [2.45, 2.75) is 6.92 Å². The molecule has 0 aromatic heterocycles. The Morgan fingerprint density at radius 1 is 1.42 bits per heavy atom. The monoisotopic (exact) mass is 171 g/mol. The Bertz CT molecular complexity index is 244. The van der Waals surface area contributed by atoms with Crippen LogP contribution in [0.5, 0.6) is 0 Å². The van der Waals surface area contributed by atoms with Crippen molar-refractivity contribution in [3.8, 4) is 0 Å². The SMILES string of the molecule is C=C(C(N)=O)C(=O)C(=O)OCC. The topological polar surface area (TPSA) is 86.5 Å². The Balaban J connectivity index is 4.30. The molecule has 0 fully saturated rings. The first-order valence-electron chi connectivity index (χ1n) is 3.20. The molecule has 2 N–H and O–H groups in total. The van der Waals surface area contributed by atoms with E-state index in [2.05, 4.69) is 11.3 Å². The van der Waals surface area contributed by atoms with Crippen molar-refractivity contribution < 1.29 is 19.1 Å². The van der Waals surface area contributed by atoms with Gasteiger partial charge in [0.05, 0.1) is 12.2 Å². The molecule has 5 nitrogen and oxygen atoms in total. The van der Waals surface area contributed by atoms with Crippen LogP contribution < -0.4 is 5.73 Å². The molecule has 0 saturated heterocycles. The number of primary amides is 1. The summed E-state index contributed by atoms with van der Waals surface area (Å²) in [6, 6.07) is 0. The molecule has 0 aliphatic heterocycles. The van der Waals surface area contributed by atoms with E-state index in [-0.39, 0.29) is 6.61 Å². The van der Waals surface area contributed by atoms with Crippen LogP contribution >= 0.6 is 0 Å². The van der Waals surface area contributed by atoms with E-state index in [1.165, 1.54) is 6.92 Å². The van der Waals surface area contributed by atoms with Crippen LogP contribution in [0.2, 0.25) is 0 Å². The highest BCUT2D eigenvalue weighted by atomic mass is 16.5. The maximum Gasteiger partial charge on any atom is 0.379 e. The minimum Gasteiger partial charge on any atom is -0.460 e. The molecule has 0 aliphatic carbocycles. The molecule has 0 heterocycles. The third-order valence-electron chi connectivity index (χ3n) is 1.03. The quantitative estimate of drug-likeness (QED) is 0.196. The minimum atomic E-state index is -1.11. The molecular formula is C7H9NO4. The zero-order valence-corrected chi connectivity index (χ0v) is 6.62. The molecule has 0 rings (SSSR count). The summed E-state index contributed by atoms with van der Waals surface area (Å²) in [6.45, 7) is 4.64. The Morgan fingerprint density at radius 2 is 1.92 bits per heavy atom. The number of esters is 1. The Labute approximate surface area is 69.2 Å². The standard InChI is InChI=1S/C7H9NO4/c1-3-12-7(11)5(9)4(2)6(8)10/h2-3H2,1H3,(H2,8,10). The van der Waals surface area contributed by atoms with E-state index < -0.39 is 23.2 Å². The highest BCUT2D eigenvalue weighted by Gasteiger charge is 2.21. The summed E-state index contributed by atoms with van der Waals surface area (Å²) in [5.41, 5.74) is 4.14. The molecule has 66 valence electrons. The summed E-state index contributed by atoms with van der Waals surface area (Å²) in [7, 11) is 0. The predicted octanol–water partition coefficient (Wildman–Crippen LogP) is -0.840. The van der Waals surface area contributed by atoms with Crippen LogP contribution in [0.3, 0.4) is 0 Å². The number of nitrogens with two attached hydrogens (primary N) is 1. The van der Waals surface area contributed by atoms with Gasteiger partial charge in [0.1, 0.15) is 0 Å². The van der Waals surface area contributed by atoms with Crippen LogP contribution in [0.15, 0.2) is 12.2 Å². The first kappa shape index (κ1) is 10.3. The molecule has 0 aliphatic rings. The number of rotatable bonds is 4. The van der Waals surface area contributed by atoms with E-state index in [4.69, 9.17) is 5.73 Å². The van der Waals surface area contributed by atoms with Crippen molar-refractivity contribution in [2.24, 2.45) is 5.73 Å². The van der Waals surface area contributed by atoms with Crippen LogP contribution in [-0.2, 0) is 19.1 Å². The third-order valence-corrected chi connectivity index (χ3v) is 1.03. The summed E-state index contributed by atoms with van der Waals surface area (Å²) < 4.78 is 4.32. The molecular weight excluding hydrogens is 162 g/mol. The van der Waals surface area contributed by atoms with E-state index in [9.17, 15) is 14.4 Å². The van der Waals surface area contributed by atoms with Crippen molar-refractivity contribution in [1.29, 1.82) is 0 Å². The zero-order chi connectivity index (χ0) is 9.72. The van der Waals surface area contributed by atoms with E-state index in [0.717, 1.165) is 0 Å². The van der Waals surface area contributed by atoms with Gasteiger partial charge < -0.3 is 10.5 Å². The lowest BCUT2D eigenvalue weighted by Gasteiger charge is -1.99. The average Bonchev–Trinajstić information content (AvgIpc) is 2.02. The predicted molar refractivity (Wildman–Crippen MR) is 40.0 cm³/mol. The molecule has 0 unspecified atom stereocenters. The number of carbonyl (C=O) groups is 3. The maximum atomic E-state index is 10.8. The molecule has 12 heavy (non-hydrogen) atoms. The number of ketones is 1. The smallest absolute Gasteiger partial charge is 0.379 e. The maximum absolute atomic E-state index is 10.8. The summed E-state index contributed by atoms with van der Waals surface area (Å²) >= 11 is 0. The zero-order valence-electron chi connectivity index (χ0n) is 6.62. The molecule has 1 amide bonds. The first-order valence-corrected chi connectivity index (χ1v) is 3.20. The fourth-order valence-corrected chi connectivity index (χ4v) is 0.432. The average molecular weight is 171 g/mol. The van der Waals surface area contributed by atoms with Crippen LogP contribution in [0, 0.1) is 0 Å². The van der Waals surface area contributed by atoms with Gasteiger partial charge in [-0.25, -0.2) is 4.79 Å². The van der Waals surface area contributed by atoms with E-state index in [0.29, 0.717) is 0 Å². The number of hydrogen-bond donors (Lipinski definition) is 1. The number of Topliss-reactive ketones (excluding diaryl/α,β-unsaturated/α-hetero) is 1. The van der Waals surface area contributed by atoms with E-state index in [1.807, 2.05) is 0 Å². The highest BCUT2D eigenvalue weighted by molar-refractivity contribution is 6.46. The van der Waals surface area contributed by atoms with Gasteiger partial charge in [0.15, 0.2) is 0 Å². The van der Waals surface area contributed by atoms with Gasteiger partial charge in [0.25, 0.3) is 11.7 Å². The minimum absolute atomic E-state index is 0.0661. The van der Waals surface area contributed by atoms with Crippen molar-refractivity contribution in [3.63, 3.8) is 0 Å². The summed E-state index contributed by atoms with van der Waals surface area (Å²) in [4.78, 5) is 31.8. The molecule has 0 bridgehead atoms. The highest BCUT2D eigenvalue weighted by Crippen LogP contribution is 1.93. The van der Waals surface area contributed by atoms with Gasteiger partial charge in [-0.3, -0.25) is 9.59 Å². The fourth-order valence-electron chi connectivity index (χ4n) is 0.432. The van der Waals surface area contributed by atoms with E-state index in [1.54, 1.807) is 0 Å². The van der Waals surface area contributed by atoms with Gasteiger partial charge in [0, 0.05) is 0 Å². The third kappa shape index (κ3) is 2.53. The number of carbonyl (C=O) groups excluding carboxylic acids is 3. The molecule has 0 spiro atoms. The molecule has 0 atom stereocenters. The summed E-state index contributed by atoms with van der Waals surface area (Å²) in [6.07, 6.45) is 0. The Kier molecular flexibility index (Phi) is 3.69. The Morgan fingerprint density at radius 3 is 2.25 bits per heavy atom. The molecule has 0 saturated carbocycles. The van der Waals surface area contributed by atoms with Crippen LogP contribution in [0.25, 0.3) is 0 Å². The second-order valence-corrected chi connectivity index (χ2v) is 1.89. The molecule has 0 aromatic rings. The lowest BCUT2D eigenvalue weighted by atomic mass is 10.2. The lowest BCUT2D eigenvalue weighted by Crippen LogP contribution is -2.27. The molecule has 5 heteroatoms. The molecule has 0 radical (unpaired) electrons. The van der Waals surface area contributed by atoms with Crippen molar-refractivity contribution in [1.82, 2.24) is 0 Å². The van der Waals surface area contributed by atoms with Gasteiger partial charge >= 0.3 is 5.97 Å². The summed E-state index contributed by atoms with van der Waals surface area (Å²) in [5, 5.41) is 0. The van der Waals surface area contributed by atoms with Gasteiger partial charge in [-0.1, -0.05) is 6.58 Å². The van der Waals surface area contributed by atoms with Gasteiger partial charge in [-0.05, 0) is 6.92 Å². The van der Waals surface area contributed by atoms with E-state index >= 15 is 0 Å². The van der Waals surface area contributed by atoms with Crippen molar-refractivity contribution >= 4 is 17.7 Å². The number of amides is 1. The van der Waals surface area contributed by atoms with Crippen molar-refractivity contribution in [3.05, 3.63) is 12.2 Å². The first-order chi connectivity index (χ1) is 5.50. The second-order valence-electron chi connectivity index (χ2n) is 1.89. The lowest BCUT2D eigenvalue weighted by molar-refractivity contribution is -0.152. The number of hydrogen-bond acceptors (Lipinski definition) is 4. The molecule has 0 aromatic carbocycles. The summed E-state index contributed by atoms with van der Waals surface area (Å²) in [5.74, 6) is -3.22. The van der Waals surface area contributed by atoms with Gasteiger partial charge in [-0.15, -0.1) is 0 Å². The number of ether oxygens (including phenoxy) is 1. The van der Waals surface area contributed by atoms with Gasteiger partial charge in [0.2, 0.25) is 0 Å². The fraction of sp³-hybridized carbons (Fsp3) is 0.286. The van der Waals surface area contributed by atoms with Gasteiger partial charge in [-0.2, -0.15) is 0 Å². The van der Waals surface area contributed by atoms with Crippen LogP contribution in [0.4, 0.5) is 0 Å².